The summed E-state index contributed by atoms with van der Waals surface area (Å²) in [7, 11) is 0. The van der Waals surface area contributed by atoms with Crippen molar-refractivity contribution in [2.75, 3.05) is 6.54 Å². The molecule has 1 aromatic heterocycles. The van der Waals surface area contributed by atoms with E-state index in [4.69, 9.17) is 9.63 Å². The number of nitrogens with one attached hydrogen (secondary N) is 1. The van der Waals surface area contributed by atoms with Gasteiger partial charge in [0, 0.05) is 13.5 Å². The Labute approximate surface area is 70.8 Å². The number of hydrogen-bond acceptors (Lipinski definition) is 5. The molecule has 1 aromatic rings. The molecule has 0 aromatic carbocycles. The summed E-state index contributed by atoms with van der Waals surface area (Å²) in [5, 5.41) is 15.6. The molecule has 0 aliphatic heterocycles. The zero-order valence-electron chi connectivity index (χ0n) is 7.24. The summed E-state index contributed by atoms with van der Waals surface area (Å²) in [5.74, 6) is 1.18. The van der Waals surface area contributed by atoms with Crippen LogP contribution >= 0.6 is 0 Å². The van der Waals surface area contributed by atoms with Gasteiger partial charge in [0.2, 0.25) is 5.89 Å². The largest absolute Gasteiger partial charge is 0.392 e. The highest BCUT2D eigenvalue weighted by atomic mass is 16.5. The molecule has 0 spiro atoms. The van der Waals surface area contributed by atoms with Crippen LogP contribution in [0.1, 0.15) is 18.6 Å². The van der Waals surface area contributed by atoms with Gasteiger partial charge >= 0.3 is 0 Å². The molecule has 0 bridgehead atoms. The van der Waals surface area contributed by atoms with Gasteiger partial charge in [-0.2, -0.15) is 4.98 Å². The van der Waals surface area contributed by atoms with E-state index in [2.05, 4.69) is 15.5 Å². The van der Waals surface area contributed by atoms with E-state index in [-0.39, 0.29) is 6.10 Å². The minimum Gasteiger partial charge on any atom is -0.392 e. The molecule has 0 aliphatic carbocycles. The van der Waals surface area contributed by atoms with Gasteiger partial charge in [-0.15, -0.1) is 0 Å². The van der Waals surface area contributed by atoms with E-state index < -0.39 is 0 Å². The second-order valence-corrected chi connectivity index (χ2v) is 2.71. The van der Waals surface area contributed by atoms with Crippen molar-refractivity contribution in [3.63, 3.8) is 0 Å². The third kappa shape index (κ3) is 2.98. The van der Waals surface area contributed by atoms with Crippen molar-refractivity contribution in [3.05, 3.63) is 11.7 Å². The van der Waals surface area contributed by atoms with Gasteiger partial charge < -0.3 is 14.9 Å². The fourth-order valence-electron chi connectivity index (χ4n) is 0.806. The Hall–Kier alpha value is -0.940. The van der Waals surface area contributed by atoms with Crippen molar-refractivity contribution in [2.45, 2.75) is 26.5 Å². The van der Waals surface area contributed by atoms with Crippen LogP contribution < -0.4 is 5.32 Å². The van der Waals surface area contributed by atoms with E-state index in [9.17, 15) is 0 Å². The predicted octanol–water partition coefficient (Wildman–Crippen LogP) is -0.152. The lowest BCUT2D eigenvalue weighted by atomic mass is 10.4. The Bertz CT molecular complexity index is 234. The van der Waals surface area contributed by atoms with E-state index in [1.54, 1.807) is 13.8 Å². The third-order valence-electron chi connectivity index (χ3n) is 1.29. The summed E-state index contributed by atoms with van der Waals surface area (Å²) in [6.07, 6.45) is -0.349. The lowest BCUT2D eigenvalue weighted by Crippen LogP contribution is -2.24. The highest BCUT2D eigenvalue weighted by Gasteiger charge is 2.01. The number of aryl methyl sites for hydroxylation is 1. The van der Waals surface area contributed by atoms with Gasteiger partial charge in [-0.25, -0.2) is 0 Å². The van der Waals surface area contributed by atoms with Gasteiger partial charge in [0.15, 0.2) is 5.82 Å². The SMILES string of the molecule is Cc1nc(CNCC(C)O)no1. The number of aromatic nitrogens is 2. The van der Waals surface area contributed by atoms with Gasteiger partial charge in [0.05, 0.1) is 12.6 Å². The number of hydrogen-bond donors (Lipinski definition) is 2. The molecule has 5 nitrogen and oxygen atoms in total. The summed E-state index contributed by atoms with van der Waals surface area (Å²) in [5.41, 5.74) is 0. The molecule has 12 heavy (non-hydrogen) atoms. The van der Waals surface area contributed by atoms with Gasteiger partial charge in [-0.3, -0.25) is 0 Å². The highest BCUT2D eigenvalue weighted by Crippen LogP contribution is 1.93. The van der Waals surface area contributed by atoms with Crippen LogP contribution in [0.4, 0.5) is 0 Å². The van der Waals surface area contributed by atoms with E-state index in [0.717, 1.165) is 0 Å². The first-order valence-corrected chi connectivity index (χ1v) is 3.86. The van der Waals surface area contributed by atoms with Crippen molar-refractivity contribution in [1.29, 1.82) is 0 Å². The molecule has 2 N–H and O–H groups in total. The van der Waals surface area contributed by atoms with Crippen LogP contribution in [0.3, 0.4) is 0 Å². The molecule has 0 aliphatic rings. The Morgan fingerprint density at radius 2 is 2.42 bits per heavy atom. The molecule has 0 fully saturated rings. The van der Waals surface area contributed by atoms with Crippen molar-refractivity contribution in [2.24, 2.45) is 0 Å². The van der Waals surface area contributed by atoms with Gasteiger partial charge in [-0.1, -0.05) is 5.16 Å². The molecular weight excluding hydrogens is 158 g/mol. The number of aliphatic hydroxyl groups excluding tert-OH is 1. The third-order valence-corrected chi connectivity index (χ3v) is 1.29. The first-order valence-electron chi connectivity index (χ1n) is 3.86. The Balaban J connectivity index is 2.24. The zero-order valence-corrected chi connectivity index (χ0v) is 7.24. The number of rotatable bonds is 4. The maximum atomic E-state index is 8.91. The summed E-state index contributed by atoms with van der Waals surface area (Å²) >= 11 is 0. The van der Waals surface area contributed by atoms with Gasteiger partial charge in [0.1, 0.15) is 0 Å². The minimum atomic E-state index is -0.349. The fourth-order valence-corrected chi connectivity index (χ4v) is 0.806. The molecule has 1 rings (SSSR count). The molecule has 1 heterocycles. The second-order valence-electron chi connectivity index (χ2n) is 2.71. The average Bonchev–Trinajstić information content (AvgIpc) is 2.35. The maximum Gasteiger partial charge on any atom is 0.223 e. The standard InChI is InChI=1S/C7H13N3O2/c1-5(11)3-8-4-7-9-6(2)12-10-7/h5,8,11H,3-4H2,1-2H3. The molecule has 0 saturated carbocycles. The maximum absolute atomic E-state index is 8.91. The quantitative estimate of drug-likeness (QED) is 0.659. The fraction of sp³-hybridized carbons (Fsp3) is 0.714. The summed E-state index contributed by atoms with van der Waals surface area (Å²) in [6, 6.07) is 0. The number of nitrogens with zero attached hydrogens (tertiary/aromatic N) is 2. The number of aliphatic hydroxyl groups is 1. The van der Waals surface area contributed by atoms with Crippen LogP contribution in [0.2, 0.25) is 0 Å². The van der Waals surface area contributed by atoms with Gasteiger partial charge in [-0.05, 0) is 6.92 Å². The minimum absolute atomic E-state index is 0.349. The molecule has 1 unspecified atom stereocenters. The smallest absolute Gasteiger partial charge is 0.223 e. The van der Waals surface area contributed by atoms with Crippen molar-refractivity contribution in [1.82, 2.24) is 15.5 Å². The van der Waals surface area contributed by atoms with Crippen LogP contribution in [0.5, 0.6) is 0 Å². The lowest BCUT2D eigenvalue weighted by molar-refractivity contribution is 0.190. The molecule has 0 amide bonds. The topological polar surface area (TPSA) is 71.2 Å². The monoisotopic (exact) mass is 171 g/mol. The van der Waals surface area contributed by atoms with Crippen molar-refractivity contribution in [3.8, 4) is 0 Å². The normalized spacial score (nSPS) is 13.2. The second kappa shape index (κ2) is 4.18. The van der Waals surface area contributed by atoms with Crippen molar-refractivity contribution < 1.29 is 9.63 Å². The lowest BCUT2D eigenvalue weighted by Gasteiger charge is -2.02. The van der Waals surface area contributed by atoms with Crippen LogP contribution in [0.15, 0.2) is 4.52 Å². The zero-order chi connectivity index (χ0) is 8.97. The Morgan fingerprint density at radius 3 is 2.92 bits per heavy atom. The first-order chi connectivity index (χ1) is 5.68. The molecule has 68 valence electrons. The molecular formula is C7H13N3O2. The highest BCUT2D eigenvalue weighted by molar-refractivity contribution is 4.82. The first kappa shape index (κ1) is 9.15. The van der Waals surface area contributed by atoms with E-state index >= 15 is 0 Å². The summed E-state index contributed by atoms with van der Waals surface area (Å²) in [4.78, 5) is 3.99. The predicted molar refractivity (Wildman–Crippen MR) is 42.4 cm³/mol. The molecule has 0 saturated heterocycles. The van der Waals surface area contributed by atoms with Crippen LogP contribution in [-0.4, -0.2) is 27.9 Å². The van der Waals surface area contributed by atoms with Crippen LogP contribution in [0, 0.1) is 6.92 Å². The van der Waals surface area contributed by atoms with E-state index in [0.29, 0.717) is 24.8 Å². The van der Waals surface area contributed by atoms with Crippen molar-refractivity contribution >= 4 is 0 Å². The molecule has 0 radical (unpaired) electrons. The Kier molecular flexibility index (Phi) is 3.19. The van der Waals surface area contributed by atoms with Crippen LogP contribution in [-0.2, 0) is 6.54 Å². The Morgan fingerprint density at radius 1 is 1.67 bits per heavy atom. The summed E-state index contributed by atoms with van der Waals surface area (Å²) in [6.45, 7) is 4.52. The molecule has 5 heteroatoms. The van der Waals surface area contributed by atoms with Crippen LogP contribution in [0.25, 0.3) is 0 Å². The van der Waals surface area contributed by atoms with E-state index in [1.807, 2.05) is 0 Å². The molecule has 1 atom stereocenters. The van der Waals surface area contributed by atoms with Gasteiger partial charge in [0.25, 0.3) is 0 Å². The summed E-state index contributed by atoms with van der Waals surface area (Å²) < 4.78 is 4.76. The van der Waals surface area contributed by atoms with E-state index in [1.165, 1.54) is 0 Å². The average molecular weight is 171 g/mol.